The second kappa shape index (κ2) is 3.15. The van der Waals surface area contributed by atoms with E-state index in [1.54, 1.807) is 0 Å². The fraction of sp³-hybridized carbons (Fsp3) is 0.500. The van der Waals surface area contributed by atoms with Crippen LogP contribution in [0.4, 0.5) is 0 Å². The zero-order chi connectivity index (χ0) is 6.57. The molecule has 4 nitrogen and oxygen atoms in total. The lowest BCUT2D eigenvalue weighted by Crippen LogP contribution is -2.23. The third-order valence-electron chi connectivity index (χ3n) is 0.567. The van der Waals surface area contributed by atoms with Crippen LogP contribution in [-0.2, 0) is 14.3 Å². The Balaban J connectivity index is 3.69. The van der Waals surface area contributed by atoms with Crippen molar-refractivity contribution in [3.05, 3.63) is 0 Å². The van der Waals surface area contributed by atoms with Gasteiger partial charge in [-0.3, -0.25) is 4.79 Å². The molecule has 0 fully saturated rings. The third-order valence-corrected chi connectivity index (χ3v) is 0.567. The van der Waals surface area contributed by atoms with Gasteiger partial charge in [-0.15, -0.1) is 0 Å². The molecule has 0 aliphatic carbocycles. The maximum Gasteiger partial charge on any atom is 0.341 e. The van der Waals surface area contributed by atoms with Gasteiger partial charge in [-0.25, -0.2) is 4.79 Å². The summed E-state index contributed by atoms with van der Waals surface area (Å²) in [5.41, 5.74) is 0. The van der Waals surface area contributed by atoms with E-state index in [9.17, 15) is 9.59 Å². The van der Waals surface area contributed by atoms with Crippen molar-refractivity contribution in [1.82, 2.24) is 0 Å². The summed E-state index contributed by atoms with van der Waals surface area (Å²) in [5, 5.41) is 7.99. The van der Waals surface area contributed by atoms with Crippen LogP contribution in [0.3, 0.4) is 0 Å². The summed E-state index contributed by atoms with van der Waals surface area (Å²) in [6, 6.07) is 0. The summed E-state index contributed by atoms with van der Waals surface area (Å²) < 4.78 is 4.14. The van der Waals surface area contributed by atoms with Gasteiger partial charge in [0.05, 0.1) is 0 Å². The Morgan fingerprint density at radius 1 is 1.88 bits per heavy atom. The highest BCUT2D eigenvalue weighted by molar-refractivity contribution is 5.89. The van der Waals surface area contributed by atoms with E-state index in [0.717, 1.165) is 7.11 Å². The molecule has 1 unspecified atom stereocenters. The summed E-state index contributed by atoms with van der Waals surface area (Å²) in [6.45, 7) is 0. The number of aliphatic carboxylic acids is 1. The summed E-state index contributed by atoms with van der Waals surface area (Å²) in [5.74, 6) is -1.32. The molecule has 0 aromatic heterocycles. The molecule has 0 rings (SSSR count). The molecule has 0 spiro atoms. The molecule has 0 saturated carbocycles. The van der Waals surface area contributed by atoms with Gasteiger partial charge in [0, 0.05) is 7.11 Å². The summed E-state index contributed by atoms with van der Waals surface area (Å²) in [4.78, 5) is 19.3. The molecule has 0 aromatic carbocycles. The number of carbonyl (C=O) groups excluding carboxylic acids is 1. The Labute approximate surface area is 46.1 Å². The van der Waals surface area contributed by atoms with E-state index in [4.69, 9.17) is 5.11 Å². The fourth-order valence-corrected chi connectivity index (χ4v) is 0.199. The Morgan fingerprint density at radius 3 is 2.38 bits per heavy atom. The molecule has 0 heterocycles. The summed E-state index contributed by atoms with van der Waals surface area (Å²) >= 11 is 0. The zero-order valence-electron chi connectivity index (χ0n) is 4.25. The number of ether oxygens (including phenoxy) is 1. The third kappa shape index (κ3) is 1.70. The standard InChI is InChI=1S/C4H5O4/c1-8-3(2-5)4(6)7/h3H,1H3,(H,6,7). The van der Waals surface area contributed by atoms with Crippen molar-refractivity contribution in [2.45, 2.75) is 6.10 Å². The lowest BCUT2D eigenvalue weighted by Gasteiger charge is -1.96. The number of methoxy groups -OCH3 is 1. The van der Waals surface area contributed by atoms with Gasteiger partial charge in [-0.1, -0.05) is 0 Å². The number of hydrogen-bond acceptors (Lipinski definition) is 3. The Hall–Kier alpha value is -0.900. The average molecular weight is 117 g/mol. The van der Waals surface area contributed by atoms with Gasteiger partial charge in [0.1, 0.15) is 0 Å². The minimum Gasteiger partial charge on any atom is -0.479 e. The van der Waals surface area contributed by atoms with Gasteiger partial charge in [-0.2, -0.15) is 0 Å². The second-order valence-corrected chi connectivity index (χ2v) is 1.07. The van der Waals surface area contributed by atoms with Gasteiger partial charge in [-0.05, 0) is 0 Å². The maximum absolute atomic E-state index is 9.77. The quantitative estimate of drug-likeness (QED) is 0.491. The fourth-order valence-electron chi connectivity index (χ4n) is 0.199. The first-order valence-electron chi connectivity index (χ1n) is 1.85. The van der Waals surface area contributed by atoms with Crippen LogP contribution in [0.25, 0.3) is 0 Å². The molecular weight excluding hydrogens is 112 g/mol. The molecule has 0 aliphatic heterocycles. The van der Waals surface area contributed by atoms with E-state index in [0.29, 0.717) is 0 Å². The first kappa shape index (κ1) is 7.10. The number of hydrogen-bond donors (Lipinski definition) is 1. The second-order valence-electron chi connectivity index (χ2n) is 1.07. The normalized spacial score (nSPS) is 12.6. The van der Waals surface area contributed by atoms with E-state index in [-0.39, 0.29) is 0 Å². The van der Waals surface area contributed by atoms with Gasteiger partial charge < -0.3 is 9.84 Å². The van der Waals surface area contributed by atoms with Crippen LogP contribution in [-0.4, -0.2) is 30.6 Å². The van der Waals surface area contributed by atoms with Crippen LogP contribution in [0.15, 0.2) is 0 Å². The molecule has 1 radical (unpaired) electrons. The van der Waals surface area contributed by atoms with E-state index >= 15 is 0 Å². The first-order valence-corrected chi connectivity index (χ1v) is 1.85. The van der Waals surface area contributed by atoms with Crippen LogP contribution in [0, 0.1) is 0 Å². The van der Waals surface area contributed by atoms with E-state index in [2.05, 4.69) is 4.74 Å². The maximum atomic E-state index is 9.77. The number of carbonyl (C=O) groups is 1. The minimum absolute atomic E-state index is 1.13. The molecule has 45 valence electrons. The molecule has 0 aromatic rings. The van der Waals surface area contributed by atoms with Crippen molar-refractivity contribution in [3.63, 3.8) is 0 Å². The summed E-state index contributed by atoms with van der Waals surface area (Å²) in [7, 11) is 1.13. The lowest BCUT2D eigenvalue weighted by molar-refractivity contribution is -0.144. The highest BCUT2D eigenvalue weighted by Gasteiger charge is 2.14. The Morgan fingerprint density at radius 2 is 2.38 bits per heavy atom. The SMILES string of the molecule is COC([C]=O)C(=O)O. The molecule has 0 aliphatic rings. The zero-order valence-corrected chi connectivity index (χ0v) is 4.25. The van der Waals surface area contributed by atoms with Crippen LogP contribution >= 0.6 is 0 Å². The van der Waals surface area contributed by atoms with Crippen molar-refractivity contribution < 1.29 is 19.4 Å². The molecular formula is C4H5O4. The first-order chi connectivity index (χ1) is 3.72. The molecule has 1 atom stereocenters. The molecule has 4 heteroatoms. The minimum atomic E-state index is -1.44. The van der Waals surface area contributed by atoms with Gasteiger partial charge in [0.15, 0.2) is 0 Å². The van der Waals surface area contributed by atoms with Crippen LogP contribution in [0.2, 0.25) is 0 Å². The summed E-state index contributed by atoms with van der Waals surface area (Å²) in [6.07, 6.45) is -0.256. The largest absolute Gasteiger partial charge is 0.479 e. The monoisotopic (exact) mass is 117 g/mol. The van der Waals surface area contributed by atoms with E-state index < -0.39 is 12.1 Å². The van der Waals surface area contributed by atoms with Crippen molar-refractivity contribution in [2.75, 3.05) is 7.11 Å². The molecule has 1 N–H and O–H groups in total. The Bertz CT molecular complexity index is 98.2. The topological polar surface area (TPSA) is 63.6 Å². The lowest BCUT2D eigenvalue weighted by atomic mass is 10.4. The smallest absolute Gasteiger partial charge is 0.341 e. The van der Waals surface area contributed by atoms with Crippen LogP contribution in [0.1, 0.15) is 0 Å². The number of rotatable bonds is 3. The molecule has 0 bridgehead atoms. The predicted octanol–water partition coefficient (Wildman–Crippen LogP) is -0.804. The Kier molecular flexibility index (Phi) is 2.79. The van der Waals surface area contributed by atoms with E-state index in [1.165, 1.54) is 6.29 Å². The van der Waals surface area contributed by atoms with Crippen molar-refractivity contribution in [3.8, 4) is 0 Å². The molecule has 8 heavy (non-hydrogen) atoms. The van der Waals surface area contributed by atoms with Crippen molar-refractivity contribution in [2.24, 2.45) is 0 Å². The predicted molar refractivity (Wildman–Crippen MR) is 24.1 cm³/mol. The molecule has 0 saturated heterocycles. The highest BCUT2D eigenvalue weighted by atomic mass is 16.5. The number of carboxylic acids is 1. The van der Waals surface area contributed by atoms with Gasteiger partial charge in [0.2, 0.25) is 12.4 Å². The average Bonchev–Trinajstić information content (AvgIpc) is 1.69. The van der Waals surface area contributed by atoms with Crippen molar-refractivity contribution >= 4 is 12.3 Å². The van der Waals surface area contributed by atoms with Crippen LogP contribution < -0.4 is 0 Å². The van der Waals surface area contributed by atoms with Gasteiger partial charge >= 0.3 is 5.97 Å². The van der Waals surface area contributed by atoms with Crippen LogP contribution in [0.5, 0.6) is 0 Å². The van der Waals surface area contributed by atoms with Crippen molar-refractivity contribution in [1.29, 1.82) is 0 Å². The number of carboxylic acid groups (broad SMARTS) is 1. The molecule has 0 amide bonds. The van der Waals surface area contributed by atoms with Gasteiger partial charge in [0.25, 0.3) is 0 Å². The van der Waals surface area contributed by atoms with E-state index in [1.807, 2.05) is 0 Å². The highest BCUT2D eigenvalue weighted by Crippen LogP contribution is 1.81.